The van der Waals surface area contributed by atoms with E-state index in [0.29, 0.717) is 22.7 Å². The molecule has 0 saturated heterocycles. The Bertz CT molecular complexity index is 678. The monoisotopic (exact) mass is 414 g/mol. The summed E-state index contributed by atoms with van der Waals surface area (Å²) in [5, 5.41) is 19.9. The Morgan fingerprint density at radius 2 is 1.80 bits per heavy atom. The van der Waals surface area contributed by atoms with E-state index in [9.17, 15) is 10.2 Å². The molecule has 0 aliphatic heterocycles. The molecular formula is C28H46O2. The predicted octanol–water partition coefficient (Wildman–Crippen LogP) is 6.38. The Morgan fingerprint density at radius 3 is 2.50 bits per heavy atom. The van der Waals surface area contributed by atoms with Crippen molar-refractivity contribution in [2.45, 2.75) is 92.1 Å². The zero-order valence-corrected chi connectivity index (χ0v) is 20.1. The van der Waals surface area contributed by atoms with Gasteiger partial charge in [0.1, 0.15) is 0 Å². The topological polar surface area (TPSA) is 40.5 Å². The van der Waals surface area contributed by atoms with Gasteiger partial charge < -0.3 is 10.2 Å². The fraction of sp³-hybridized carbons (Fsp3) is 0.857. The number of aliphatic hydroxyl groups is 2. The number of aliphatic hydroxyl groups excluding tert-OH is 2. The SMILES string of the molecule is CC(C)[C@@H](/C=C/[C@@H](C)[C@H]1CC[C@H]2[C@@H]3CC=C4C[C@@H](O)CC[C@]4(C)[C@H]3CC[C@]12C)CO. The van der Waals surface area contributed by atoms with Crippen molar-refractivity contribution in [3.63, 3.8) is 0 Å². The van der Waals surface area contributed by atoms with E-state index in [-0.39, 0.29) is 18.6 Å². The van der Waals surface area contributed by atoms with Gasteiger partial charge in [0.05, 0.1) is 6.10 Å². The molecule has 0 radical (unpaired) electrons. The van der Waals surface area contributed by atoms with Crippen molar-refractivity contribution in [1.82, 2.24) is 0 Å². The first-order valence-corrected chi connectivity index (χ1v) is 12.9. The molecule has 9 atom stereocenters. The van der Waals surface area contributed by atoms with Crippen LogP contribution < -0.4 is 0 Å². The summed E-state index contributed by atoms with van der Waals surface area (Å²) in [6, 6.07) is 0. The van der Waals surface area contributed by atoms with E-state index in [4.69, 9.17) is 0 Å². The van der Waals surface area contributed by atoms with Gasteiger partial charge in [0.25, 0.3) is 0 Å². The number of allylic oxidation sites excluding steroid dienone is 2. The van der Waals surface area contributed by atoms with E-state index in [2.05, 4.69) is 52.8 Å². The fourth-order valence-electron chi connectivity index (χ4n) is 8.49. The van der Waals surface area contributed by atoms with Gasteiger partial charge in [-0.3, -0.25) is 0 Å². The van der Waals surface area contributed by atoms with Crippen molar-refractivity contribution in [2.24, 2.45) is 52.3 Å². The maximum absolute atomic E-state index is 10.2. The van der Waals surface area contributed by atoms with Crippen LogP contribution in [0.15, 0.2) is 23.8 Å². The van der Waals surface area contributed by atoms with Crippen LogP contribution in [0, 0.1) is 52.3 Å². The van der Waals surface area contributed by atoms with E-state index >= 15 is 0 Å². The van der Waals surface area contributed by atoms with Crippen molar-refractivity contribution < 1.29 is 10.2 Å². The van der Waals surface area contributed by atoms with Crippen molar-refractivity contribution in [3.05, 3.63) is 23.8 Å². The van der Waals surface area contributed by atoms with Gasteiger partial charge in [-0.15, -0.1) is 0 Å². The van der Waals surface area contributed by atoms with Crippen LogP contribution in [0.3, 0.4) is 0 Å². The first-order chi connectivity index (χ1) is 14.2. The molecule has 2 heteroatoms. The Morgan fingerprint density at radius 1 is 1.03 bits per heavy atom. The van der Waals surface area contributed by atoms with Crippen molar-refractivity contribution in [3.8, 4) is 0 Å². The minimum absolute atomic E-state index is 0.105. The average Bonchev–Trinajstić information content (AvgIpc) is 3.06. The summed E-state index contributed by atoms with van der Waals surface area (Å²) in [5.41, 5.74) is 2.40. The van der Waals surface area contributed by atoms with Crippen molar-refractivity contribution >= 4 is 0 Å². The maximum Gasteiger partial charge on any atom is 0.0577 e. The Balaban J connectivity index is 1.52. The minimum Gasteiger partial charge on any atom is -0.396 e. The normalized spacial score (nSPS) is 45.6. The van der Waals surface area contributed by atoms with Crippen LogP contribution in [0.2, 0.25) is 0 Å². The summed E-state index contributed by atoms with van der Waals surface area (Å²) in [6.45, 7) is 12.3. The first-order valence-electron chi connectivity index (χ1n) is 12.9. The third-order valence-electron chi connectivity index (χ3n) is 10.5. The van der Waals surface area contributed by atoms with Gasteiger partial charge in [0.2, 0.25) is 0 Å². The second-order valence-corrected chi connectivity index (χ2v) is 12.2. The average molecular weight is 415 g/mol. The van der Waals surface area contributed by atoms with E-state index in [1.807, 2.05) is 0 Å². The molecule has 2 N–H and O–H groups in total. The van der Waals surface area contributed by atoms with Crippen molar-refractivity contribution in [1.29, 1.82) is 0 Å². The van der Waals surface area contributed by atoms with E-state index in [0.717, 1.165) is 36.5 Å². The molecule has 0 unspecified atom stereocenters. The van der Waals surface area contributed by atoms with Gasteiger partial charge in [-0.1, -0.05) is 58.4 Å². The Labute approximate surface area is 185 Å². The molecule has 4 rings (SSSR count). The van der Waals surface area contributed by atoms with Gasteiger partial charge in [-0.25, -0.2) is 0 Å². The maximum atomic E-state index is 10.2. The second kappa shape index (κ2) is 8.39. The summed E-state index contributed by atoms with van der Waals surface area (Å²) < 4.78 is 0. The molecule has 0 amide bonds. The summed E-state index contributed by atoms with van der Waals surface area (Å²) in [4.78, 5) is 0. The third kappa shape index (κ3) is 3.64. The standard InChI is InChI=1S/C28H46O2/c1-18(2)20(17-29)7-6-19(3)24-10-11-25-23-9-8-21-16-22(30)12-14-27(21,4)26(23)13-15-28(24,25)5/h6-8,18-20,22-26,29-30H,9-17H2,1-5H3/b7-6+/t19-,20+,22+,23+,24-,25+,26+,27+,28-/m1/s1. The highest BCUT2D eigenvalue weighted by atomic mass is 16.3. The predicted molar refractivity (Wildman–Crippen MR) is 125 cm³/mol. The lowest BCUT2D eigenvalue weighted by atomic mass is 9.47. The lowest BCUT2D eigenvalue weighted by molar-refractivity contribution is -0.0540. The second-order valence-electron chi connectivity index (χ2n) is 12.2. The summed E-state index contributed by atoms with van der Waals surface area (Å²) in [5.74, 6) is 4.69. The zero-order valence-electron chi connectivity index (χ0n) is 20.1. The molecule has 0 aromatic rings. The number of fused-ring (bicyclic) bond motifs is 5. The lowest BCUT2D eigenvalue weighted by Crippen LogP contribution is -2.50. The molecule has 30 heavy (non-hydrogen) atoms. The Hall–Kier alpha value is -0.600. The van der Waals surface area contributed by atoms with Crippen molar-refractivity contribution in [2.75, 3.05) is 6.61 Å². The first kappa shape index (κ1) is 22.6. The quantitative estimate of drug-likeness (QED) is 0.512. The highest BCUT2D eigenvalue weighted by Gasteiger charge is 2.58. The molecule has 3 fully saturated rings. The van der Waals surface area contributed by atoms with Gasteiger partial charge in [-0.05, 0) is 97.7 Å². The van der Waals surface area contributed by atoms with Crippen LogP contribution in [0.4, 0.5) is 0 Å². The van der Waals surface area contributed by atoms with E-state index < -0.39 is 0 Å². The largest absolute Gasteiger partial charge is 0.396 e. The number of rotatable bonds is 5. The van der Waals surface area contributed by atoms with Crippen LogP contribution in [0.25, 0.3) is 0 Å². The van der Waals surface area contributed by atoms with Gasteiger partial charge >= 0.3 is 0 Å². The van der Waals surface area contributed by atoms with Crippen LogP contribution in [-0.4, -0.2) is 22.9 Å². The summed E-state index contributed by atoms with van der Waals surface area (Å²) in [6.07, 6.45) is 17.1. The molecule has 0 heterocycles. The molecular weight excluding hydrogens is 368 g/mol. The van der Waals surface area contributed by atoms with Gasteiger partial charge in [-0.2, -0.15) is 0 Å². The minimum atomic E-state index is -0.105. The molecule has 170 valence electrons. The molecule has 0 aromatic carbocycles. The molecule has 0 aromatic heterocycles. The van der Waals surface area contributed by atoms with E-state index in [1.54, 1.807) is 5.57 Å². The smallest absolute Gasteiger partial charge is 0.0577 e. The lowest BCUT2D eigenvalue weighted by Gasteiger charge is -2.58. The van der Waals surface area contributed by atoms with E-state index in [1.165, 1.54) is 38.5 Å². The molecule has 3 saturated carbocycles. The molecule has 0 spiro atoms. The molecule has 4 aliphatic carbocycles. The zero-order chi connectivity index (χ0) is 21.7. The van der Waals surface area contributed by atoms with Gasteiger partial charge in [0, 0.05) is 12.5 Å². The van der Waals surface area contributed by atoms with Crippen LogP contribution in [0.1, 0.15) is 86.0 Å². The Kier molecular flexibility index (Phi) is 6.32. The van der Waals surface area contributed by atoms with Gasteiger partial charge in [0.15, 0.2) is 0 Å². The summed E-state index contributed by atoms with van der Waals surface area (Å²) >= 11 is 0. The number of hydrogen-bond acceptors (Lipinski definition) is 2. The molecule has 0 bridgehead atoms. The van der Waals surface area contributed by atoms with Crippen LogP contribution >= 0.6 is 0 Å². The number of hydrogen-bond donors (Lipinski definition) is 2. The highest BCUT2D eigenvalue weighted by molar-refractivity contribution is 5.25. The highest BCUT2D eigenvalue weighted by Crippen LogP contribution is 2.67. The third-order valence-corrected chi connectivity index (χ3v) is 10.5. The van der Waals surface area contributed by atoms with Crippen LogP contribution in [0.5, 0.6) is 0 Å². The fourth-order valence-corrected chi connectivity index (χ4v) is 8.49. The molecule has 4 aliphatic rings. The van der Waals surface area contributed by atoms with Crippen LogP contribution in [-0.2, 0) is 0 Å². The summed E-state index contributed by atoms with van der Waals surface area (Å²) in [7, 11) is 0. The molecule has 2 nitrogen and oxygen atoms in total.